The highest BCUT2D eigenvalue weighted by Gasteiger charge is 2.17. The Morgan fingerprint density at radius 2 is 1.83 bits per heavy atom. The van der Waals surface area contributed by atoms with Crippen LogP contribution in [-0.4, -0.2) is 10.4 Å². The quantitative estimate of drug-likeness (QED) is 0.285. The molecule has 0 N–H and O–H groups in total. The number of nitrogens with zero attached hydrogens (tertiary/aromatic N) is 1. The number of carbonyl (C=O) groups is 1. The predicted molar refractivity (Wildman–Crippen MR) is 126 cm³/mol. The fourth-order valence-electron chi connectivity index (χ4n) is 4.49. The third-order valence-electron chi connectivity index (χ3n) is 6.35. The molecule has 1 heterocycles. The fraction of sp³-hybridized carbons (Fsp3) is 0.321. The number of benzene rings is 3. The van der Waals surface area contributed by atoms with Gasteiger partial charge in [0.05, 0.1) is 0 Å². The fourth-order valence-corrected chi connectivity index (χ4v) is 4.49. The minimum Gasteiger partial charge on any atom is -0.340 e. The van der Waals surface area contributed by atoms with Crippen molar-refractivity contribution in [1.29, 1.82) is 0 Å². The number of hydrogen-bond donors (Lipinski definition) is 0. The molecule has 0 saturated heterocycles. The van der Waals surface area contributed by atoms with E-state index in [1.165, 1.54) is 42.1 Å². The zero-order valence-corrected chi connectivity index (χ0v) is 18.2. The first-order chi connectivity index (χ1) is 14.6. The van der Waals surface area contributed by atoms with E-state index < -0.39 is 0 Å². The summed E-state index contributed by atoms with van der Waals surface area (Å²) in [5.41, 5.74) is 4.98. The molecule has 4 rings (SSSR count). The third-order valence-corrected chi connectivity index (χ3v) is 6.35. The average Bonchev–Trinajstić information content (AvgIpc) is 3.09. The molecule has 3 aromatic carbocycles. The third kappa shape index (κ3) is 3.79. The highest BCUT2D eigenvalue weighted by atomic mass is 16.1. The molecule has 0 fully saturated rings. The molecular weight excluding hydrogens is 366 g/mol. The lowest BCUT2D eigenvalue weighted by molar-refractivity contribution is 0.103. The van der Waals surface area contributed by atoms with E-state index in [4.69, 9.17) is 0 Å². The molecule has 1 radical (unpaired) electrons. The van der Waals surface area contributed by atoms with Crippen LogP contribution in [0.15, 0.2) is 60.7 Å². The minimum absolute atomic E-state index is 0.0881. The Morgan fingerprint density at radius 1 is 1.03 bits per heavy atom. The SMILES string of the molecule is CCCCC(CC)Cn1c2cc[c]cc2c2cc(C(=O)c3ccccc3C)ccc21. The number of aryl methyl sites for hydroxylation is 1. The van der Waals surface area contributed by atoms with Crippen LogP contribution >= 0.6 is 0 Å². The molecule has 2 heteroatoms. The second-order valence-corrected chi connectivity index (χ2v) is 8.35. The molecule has 0 aliphatic carbocycles. The zero-order valence-electron chi connectivity index (χ0n) is 18.2. The van der Waals surface area contributed by atoms with E-state index in [-0.39, 0.29) is 5.78 Å². The van der Waals surface area contributed by atoms with E-state index in [0.717, 1.165) is 28.6 Å². The maximum atomic E-state index is 13.2. The van der Waals surface area contributed by atoms with E-state index in [1.807, 2.05) is 43.3 Å². The van der Waals surface area contributed by atoms with Crippen molar-refractivity contribution < 1.29 is 4.79 Å². The molecule has 0 bridgehead atoms. The van der Waals surface area contributed by atoms with Crippen molar-refractivity contribution >= 4 is 27.6 Å². The second-order valence-electron chi connectivity index (χ2n) is 8.35. The van der Waals surface area contributed by atoms with Crippen molar-refractivity contribution in [1.82, 2.24) is 4.57 Å². The Hall–Kier alpha value is -2.87. The first-order valence-corrected chi connectivity index (χ1v) is 11.2. The van der Waals surface area contributed by atoms with Crippen LogP contribution in [0.25, 0.3) is 21.8 Å². The van der Waals surface area contributed by atoms with E-state index in [9.17, 15) is 4.79 Å². The lowest BCUT2D eigenvalue weighted by atomic mass is 9.97. The molecular formula is C28H30NO. The maximum absolute atomic E-state index is 13.2. The lowest BCUT2D eigenvalue weighted by Crippen LogP contribution is -2.10. The molecule has 1 unspecified atom stereocenters. The molecule has 153 valence electrons. The van der Waals surface area contributed by atoms with Crippen molar-refractivity contribution in [2.75, 3.05) is 0 Å². The molecule has 30 heavy (non-hydrogen) atoms. The smallest absolute Gasteiger partial charge is 0.193 e. The normalized spacial score (nSPS) is 12.5. The summed E-state index contributed by atoms with van der Waals surface area (Å²) in [6, 6.07) is 23.4. The van der Waals surface area contributed by atoms with Gasteiger partial charge in [0.2, 0.25) is 0 Å². The highest BCUT2D eigenvalue weighted by molar-refractivity contribution is 6.15. The Kier molecular flexibility index (Phi) is 6.03. The van der Waals surface area contributed by atoms with Crippen molar-refractivity contribution in [3.8, 4) is 0 Å². The molecule has 0 spiro atoms. The van der Waals surface area contributed by atoms with Gasteiger partial charge in [-0.1, -0.05) is 63.4 Å². The van der Waals surface area contributed by atoms with Gasteiger partial charge in [-0.25, -0.2) is 0 Å². The van der Waals surface area contributed by atoms with Gasteiger partial charge >= 0.3 is 0 Å². The number of carbonyl (C=O) groups excluding carboxylic acids is 1. The molecule has 0 aliphatic rings. The first-order valence-electron chi connectivity index (χ1n) is 11.2. The molecule has 0 aliphatic heterocycles. The van der Waals surface area contributed by atoms with Crippen LogP contribution in [-0.2, 0) is 6.54 Å². The Bertz CT molecular complexity index is 1180. The highest BCUT2D eigenvalue weighted by Crippen LogP contribution is 2.32. The summed E-state index contributed by atoms with van der Waals surface area (Å²) < 4.78 is 2.45. The number of aromatic nitrogens is 1. The molecule has 2 nitrogen and oxygen atoms in total. The van der Waals surface area contributed by atoms with Gasteiger partial charge in [-0.05, 0) is 61.2 Å². The average molecular weight is 397 g/mol. The molecule has 1 atom stereocenters. The summed E-state index contributed by atoms with van der Waals surface area (Å²) in [5.74, 6) is 0.756. The molecule has 0 saturated carbocycles. The van der Waals surface area contributed by atoms with Crippen LogP contribution in [0.4, 0.5) is 0 Å². The van der Waals surface area contributed by atoms with Crippen molar-refractivity contribution in [2.24, 2.45) is 5.92 Å². The van der Waals surface area contributed by atoms with Crippen LogP contribution < -0.4 is 0 Å². The topological polar surface area (TPSA) is 22.0 Å². The van der Waals surface area contributed by atoms with Gasteiger partial charge in [-0.3, -0.25) is 4.79 Å². The number of fused-ring (bicyclic) bond motifs is 3. The maximum Gasteiger partial charge on any atom is 0.193 e. The van der Waals surface area contributed by atoms with E-state index >= 15 is 0 Å². The summed E-state index contributed by atoms with van der Waals surface area (Å²) in [4.78, 5) is 13.2. The Morgan fingerprint density at radius 3 is 2.60 bits per heavy atom. The first kappa shape index (κ1) is 20.4. The van der Waals surface area contributed by atoms with Crippen LogP contribution in [0.3, 0.4) is 0 Å². The number of hydrogen-bond acceptors (Lipinski definition) is 1. The van der Waals surface area contributed by atoms with Gasteiger partial charge < -0.3 is 4.57 Å². The van der Waals surface area contributed by atoms with Crippen LogP contribution in [0.1, 0.15) is 61.0 Å². The molecule has 1 aromatic heterocycles. The number of ketones is 1. The van der Waals surface area contributed by atoms with E-state index in [1.54, 1.807) is 0 Å². The minimum atomic E-state index is 0.0881. The van der Waals surface area contributed by atoms with Gasteiger partial charge in [-0.2, -0.15) is 0 Å². The summed E-state index contributed by atoms with van der Waals surface area (Å²) >= 11 is 0. The van der Waals surface area contributed by atoms with Gasteiger partial charge in [0.25, 0.3) is 0 Å². The number of unbranched alkanes of at least 4 members (excludes halogenated alkanes) is 1. The molecule has 4 aromatic rings. The van der Waals surface area contributed by atoms with Crippen LogP contribution in [0.5, 0.6) is 0 Å². The van der Waals surface area contributed by atoms with Gasteiger partial charge in [-0.15, -0.1) is 0 Å². The Balaban J connectivity index is 1.80. The summed E-state index contributed by atoms with van der Waals surface area (Å²) in [6.45, 7) is 7.57. The van der Waals surface area contributed by atoms with Crippen LogP contribution in [0, 0.1) is 18.9 Å². The second kappa shape index (κ2) is 8.87. The van der Waals surface area contributed by atoms with Gasteiger partial charge in [0.15, 0.2) is 5.78 Å². The van der Waals surface area contributed by atoms with Crippen molar-refractivity contribution in [2.45, 2.75) is 53.0 Å². The van der Waals surface area contributed by atoms with Crippen LogP contribution in [0.2, 0.25) is 0 Å². The molecule has 0 amide bonds. The largest absolute Gasteiger partial charge is 0.340 e. The van der Waals surface area contributed by atoms with Gasteiger partial charge in [0, 0.05) is 39.5 Å². The summed E-state index contributed by atoms with van der Waals surface area (Å²) in [7, 11) is 0. The zero-order chi connectivity index (χ0) is 21.1. The summed E-state index contributed by atoms with van der Waals surface area (Å²) in [5, 5.41) is 2.32. The predicted octanol–water partition coefficient (Wildman–Crippen LogP) is 7.35. The Labute approximate surface area is 179 Å². The summed E-state index contributed by atoms with van der Waals surface area (Å²) in [6.07, 6.45) is 4.96. The monoisotopic (exact) mass is 396 g/mol. The van der Waals surface area contributed by atoms with E-state index in [2.05, 4.69) is 48.7 Å². The standard InChI is InChI=1S/C28H30NO/c1-4-6-12-21(5-2)19-29-26-15-10-9-14-24(26)25-18-22(16-17-27(25)29)28(30)23-13-8-7-11-20(23)3/h7-8,10-11,13-18,21H,4-6,12,19H2,1-3H3. The van der Waals surface area contributed by atoms with Crippen molar-refractivity contribution in [3.05, 3.63) is 83.4 Å². The van der Waals surface area contributed by atoms with E-state index in [0.29, 0.717) is 5.92 Å². The van der Waals surface area contributed by atoms with Gasteiger partial charge in [0.1, 0.15) is 0 Å². The lowest BCUT2D eigenvalue weighted by Gasteiger charge is -2.17. The van der Waals surface area contributed by atoms with Crippen molar-refractivity contribution in [3.63, 3.8) is 0 Å². The number of rotatable bonds is 8.